The zero-order valence-corrected chi connectivity index (χ0v) is 13.9. The van der Waals surface area contributed by atoms with Crippen LogP contribution in [0.1, 0.15) is 38.1 Å². The average molecular weight is 319 g/mol. The Labute approximate surface area is 134 Å². The lowest BCUT2D eigenvalue weighted by Gasteiger charge is -2.15. The van der Waals surface area contributed by atoms with E-state index in [1.54, 1.807) is 18.7 Å². The van der Waals surface area contributed by atoms with Crippen LogP contribution in [0.4, 0.5) is 10.8 Å². The van der Waals surface area contributed by atoms with Gasteiger partial charge in [-0.3, -0.25) is 9.69 Å². The largest absolute Gasteiger partial charge is 0.389 e. The van der Waals surface area contributed by atoms with E-state index in [-0.39, 0.29) is 5.91 Å². The number of carbonyl (C=O) groups excluding carboxylic acids is 1. The Hall–Kier alpha value is -1.92. The van der Waals surface area contributed by atoms with Crippen molar-refractivity contribution in [1.82, 2.24) is 4.98 Å². The van der Waals surface area contributed by atoms with Gasteiger partial charge in [-0.25, -0.2) is 4.98 Å². The van der Waals surface area contributed by atoms with Crippen molar-refractivity contribution in [3.63, 3.8) is 0 Å². The highest BCUT2D eigenvalue weighted by Crippen LogP contribution is 2.24. The number of aliphatic hydroxyl groups is 1. The summed E-state index contributed by atoms with van der Waals surface area (Å²) in [6.07, 6.45) is -0.525. The van der Waals surface area contributed by atoms with Crippen LogP contribution >= 0.6 is 11.3 Å². The second-order valence-corrected chi connectivity index (χ2v) is 5.84. The molecule has 1 aromatic carbocycles. The zero-order chi connectivity index (χ0) is 16.1. The van der Waals surface area contributed by atoms with E-state index in [1.165, 1.54) is 11.3 Å². The SMILES string of the molecule is CCN(C(C)=O)c1nc(CNc2ccccc2C(C)O)cs1. The minimum absolute atomic E-state index is 0.00388. The quantitative estimate of drug-likeness (QED) is 0.858. The first kappa shape index (κ1) is 16.5. The number of anilines is 2. The van der Waals surface area contributed by atoms with Gasteiger partial charge in [0.1, 0.15) is 0 Å². The standard InChI is InChI=1S/C16H21N3O2S/c1-4-19(12(3)21)16-18-13(10-22-16)9-17-15-8-6-5-7-14(15)11(2)20/h5-8,10-11,17,20H,4,9H2,1-3H3. The van der Waals surface area contributed by atoms with Gasteiger partial charge in [0.15, 0.2) is 5.13 Å². The van der Waals surface area contributed by atoms with Crippen LogP contribution in [0.15, 0.2) is 29.6 Å². The zero-order valence-electron chi connectivity index (χ0n) is 13.0. The van der Waals surface area contributed by atoms with E-state index in [2.05, 4.69) is 10.3 Å². The van der Waals surface area contributed by atoms with Crippen LogP contribution in [0.3, 0.4) is 0 Å². The molecule has 0 bridgehead atoms. The maximum Gasteiger partial charge on any atom is 0.225 e. The maximum atomic E-state index is 11.5. The van der Waals surface area contributed by atoms with Gasteiger partial charge in [0.2, 0.25) is 5.91 Å². The first-order valence-electron chi connectivity index (χ1n) is 7.26. The first-order valence-corrected chi connectivity index (χ1v) is 8.14. The van der Waals surface area contributed by atoms with E-state index >= 15 is 0 Å². The summed E-state index contributed by atoms with van der Waals surface area (Å²) in [6, 6.07) is 7.66. The van der Waals surface area contributed by atoms with Crippen molar-refractivity contribution in [2.45, 2.75) is 33.4 Å². The molecule has 22 heavy (non-hydrogen) atoms. The molecule has 0 radical (unpaired) electrons. The molecule has 2 rings (SSSR count). The fraction of sp³-hybridized carbons (Fsp3) is 0.375. The third-order valence-electron chi connectivity index (χ3n) is 3.34. The van der Waals surface area contributed by atoms with Gasteiger partial charge >= 0.3 is 0 Å². The van der Waals surface area contributed by atoms with E-state index in [1.807, 2.05) is 36.6 Å². The number of para-hydroxylation sites is 1. The summed E-state index contributed by atoms with van der Waals surface area (Å²) < 4.78 is 0. The van der Waals surface area contributed by atoms with Crippen LogP contribution in [-0.2, 0) is 11.3 Å². The number of rotatable bonds is 6. The van der Waals surface area contributed by atoms with Gasteiger partial charge in [-0.05, 0) is 19.9 Å². The molecule has 1 unspecified atom stereocenters. The maximum absolute atomic E-state index is 11.5. The molecule has 2 N–H and O–H groups in total. The number of hydrogen-bond acceptors (Lipinski definition) is 5. The number of aliphatic hydroxyl groups excluding tert-OH is 1. The summed E-state index contributed by atoms with van der Waals surface area (Å²) in [4.78, 5) is 17.7. The molecule has 1 aromatic heterocycles. The van der Waals surface area contributed by atoms with Crippen molar-refractivity contribution in [2.75, 3.05) is 16.8 Å². The Morgan fingerprint density at radius 3 is 2.82 bits per heavy atom. The molecule has 0 saturated heterocycles. The predicted molar refractivity (Wildman–Crippen MR) is 90.2 cm³/mol. The summed E-state index contributed by atoms with van der Waals surface area (Å²) in [5, 5.41) is 15.7. The normalized spacial score (nSPS) is 12.0. The molecular weight excluding hydrogens is 298 g/mol. The second-order valence-electron chi connectivity index (χ2n) is 5.00. The molecule has 0 aliphatic rings. The van der Waals surface area contributed by atoms with Gasteiger partial charge < -0.3 is 10.4 Å². The monoisotopic (exact) mass is 319 g/mol. The molecule has 0 fully saturated rings. The van der Waals surface area contributed by atoms with Crippen LogP contribution in [0.5, 0.6) is 0 Å². The van der Waals surface area contributed by atoms with Crippen molar-refractivity contribution < 1.29 is 9.90 Å². The summed E-state index contributed by atoms with van der Waals surface area (Å²) in [6.45, 7) is 6.38. The lowest BCUT2D eigenvalue weighted by Crippen LogP contribution is -2.27. The van der Waals surface area contributed by atoms with Gasteiger partial charge in [0.25, 0.3) is 0 Å². The Morgan fingerprint density at radius 1 is 1.45 bits per heavy atom. The molecule has 1 amide bonds. The highest BCUT2D eigenvalue weighted by Gasteiger charge is 2.13. The van der Waals surface area contributed by atoms with E-state index < -0.39 is 6.10 Å². The van der Waals surface area contributed by atoms with Crippen LogP contribution in [0.2, 0.25) is 0 Å². The number of thiazole rings is 1. The van der Waals surface area contributed by atoms with E-state index in [4.69, 9.17) is 0 Å². The van der Waals surface area contributed by atoms with Gasteiger partial charge in [-0.15, -0.1) is 11.3 Å². The Kier molecular flexibility index (Phi) is 5.51. The van der Waals surface area contributed by atoms with E-state index in [0.717, 1.165) is 22.1 Å². The molecule has 1 heterocycles. The number of aromatic nitrogens is 1. The smallest absolute Gasteiger partial charge is 0.225 e. The second kappa shape index (κ2) is 7.38. The third kappa shape index (κ3) is 3.84. The summed E-state index contributed by atoms with van der Waals surface area (Å²) in [5.41, 5.74) is 2.63. The topological polar surface area (TPSA) is 65.5 Å². The average Bonchev–Trinajstić information content (AvgIpc) is 2.94. The van der Waals surface area contributed by atoms with Gasteiger partial charge in [-0.1, -0.05) is 18.2 Å². The number of nitrogens with one attached hydrogen (secondary N) is 1. The van der Waals surface area contributed by atoms with Crippen molar-refractivity contribution in [3.05, 3.63) is 40.9 Å². The number of carbonyl (C=O) groups is 1. The number of benzene rings is 1. The molecule has 2 aromatic rings. The summed E-state index contributed by atoms with van der Waals surface area (Å²) >= 11 is 1.46. The van der Waals surface area contributed by atoms with Crippen LogP contribution in [0, 0.1) is 0 Å². The fourth-order valence-electron chi connectivity index (χ4n) is 2.20. The van der Waals surface area contributed by atoms with Crippen molar-refractivity contribution in [1.29, 1.82) is 0 Å². The fourth-order valence-corrected chi connectivity index (χ4v) is 3.13. The minimum Gasteiger partial charge on any atom is -0.389 e. The van der Waals surface area contributed by atoms with Crippen LogP contribution in [0.25, 0.3) is 0 Å². The molecule has 0 aliphatic carbocycles. The third-order valence-corrected chi connectivity index (χ3v) is 4.25. The molecular formula is C16H21N3O2S. The Balaban J connectivity index is 2.07. The highest BCUT2D eigenvalue weighted by atomic mass is 32.1. The molecule has 118 valence electrons. The van der Waals surface area contributed by atoms with Crippen LogP contribution in [-0.4, -0.2) is 22.5 Å². The van der Waals surface area contributed by atoms with E-state index in [0.29, 0.717) is 13.1 Å². The van der Waals surface area contributed by atoms with Gasteiger partial charge in [0, 0.05) is 30.1 Å². The molecule has 0 saturated carbocycles. The predicted octanol–water partition coefficient (Wildman–Crippen LogP) is 3.18. The Bertz CT molecular complexity index is 640. The summed E-state index contributed by atoms with van der Waals surface area (Å²) in [5.74, 6) is -0.00388. The number of hydrogen-bond donors (Lipinski definition) is 2. The lowest BCUT2D eigenvalue weighted by molar-refractivity contribution is -0.116. The number of amides is 1. The van der Waals surface area contributed by atoms with Crippen molar-refractivity contribution >= 4 is 28.1 Å². The first-order chi connectivity index (χ1) is 10.5. The van der Waals surface area contributed by atoms with Crippen molar-refractivity contribution in [3.8, 4) is 0 Å². The lowest BCUT2D eigenvalue weighted by atomic mass is 10.1. The van der Waals surface area contributed by atoms with Gasteiger partial charge in [-0.2, -0.15) is 0 Å². The summed E-state index contributed by atoms with van der Waals surface area (Å²) in [7, 11) is 0. The van der Waals surface area contributed by atoms with Crippen LogP contribution < -0.4 is 10.2 Å². The van der Waals surface area contributed by atoms with E-state index in [9.17, 15) is 9.90 Å². The molecule has 6 heteroatoms. The molecule has 1 atom stereocenters. The molecule has 0 spiro atoms. The minimum atomic E-state index is -0.525. The van der Waals surface area contributed by atoms with Gasteiger partial charge in [0.05, 0.1) is 18.3 Å². The Morgan fingerprint density at radius 2 is 2.18 bits per heavy atom. The molecule has 0 aliphatic heterocycles. The highest BCUT2D eigenvalue weighted by molar-refractivity contribution is 7.14. The van der Waals surface area contributed by atoms with Crippen molar-refractivity contribution in [2.24, 2.45) is 0 Å². The molecule has 5 nitrogen and oxygen atoms in total. The number of nitrogens with zero attached hydrogens (tertiary/aromatic N) is 2.